The van der Waals surface area contributed by atoms with E-state index in [1.807, 2.05) is 18.2 Å². The van der Waals surface area contributed by atoms with Gasteiger partial charge < -0.3 is 15.9 Å². The van der Waals surface area contributed by atoms with E-state index in [9.17, 15) is 5.11 Å². The minimum absolute atomic E-state index is 0.388. The lowest BCUT2D eigenvalue weighted by Gasteiger charge is -2.14. The molecule has 0 heterocycles. The Kier molecular flexibility index (Phi) is 6.10. The minimum atomic E-state index is -1.33. The normalized spacial score (nSPS) is 10.0. The van der Waals surface area contributed by atoms with E-state index in [-0.39, 0.29) is 0 Å². The Bertz CT molecular complexity index is 343. The average molecular weight is 239 g/mol. The molecule has 0 saturated carbocycles. The van der Waals surface area contributed by atoms with Crippen LogP contribution in [0.5, 0.6) is 5.75 Å². The van der Waals surface area contributed by atoms with Gasteiger partial charge in [0.25, 0.3) is 0 Å². The summed E-state index contributed by atoms with van der Waals surface area (Å²) < 4.78 is 0. The number of hydrogen-bond donors (Lipinski definition) is 3. The number of phenolic OH excluding ortho intramolecular Hbond substituents is 1. The highest BCUT2D eigenvalue weighted by Crippen LogP contribution is 2.32. The second-order valence-electron chi connectivity index (χ2n) is 4.43. The Morgan fingerprint density at radius 1 is 1.12 bits per heavy atom. The second kappa shape index (κ2) is 6.78. The number of carbonyl (C=O) groups is 1. The summed E-state index contributed by atoms with van der Waals surface area (Å²) in [6, 6.07) is 6.00. The van der Waals surface area contributed by atoms with Crippen molar-refractivity contribution in [3.05, 3.63) is 29.3 Å². The van der Waals surface area contributed by atoms with Crippen molar-refractivity contribution in [3.63, 3.8) is 0 Å². The molecule has 0 radical (unpaired) electrons. The van der Waals surface area contributed by atoms with Crippen molar-refractivity contribution in [1.29, 1.82) is 0 Å². The average Bonchev–Trinajstić information content (AvgIpc) is 2.15. The quantitative estimate of drug-likeness (QED) is 0.740. The topological polar surface area (TPSA) is 83.5 Å². The highest BCUT2D eigenvalue weighted by molar-refractivity contribution is 5.61. The van der Waals surface area contributed by atoms with Crippen LogP contribution in [0.4, 0.5) is 4.79 Å². The summed E-state index contributed by atoms with van der Waals surface area (Å²) in [5.41, 5.74) is 6.12. The van der Waals surface area contributed by atoms with Gasteiger partial charge in [-0.2, -0.15) is 0 Å². The van der Waals surface area contributed by atoms with Gasteiger partial charge in [-0.05, 0) is 23.0 Å². The van der Waals surface area contributed by atoms with E-state index in [1.54, 1.807) is 0 Å². The van der Waals surface area contributed by atoms with E-state index in [1.165, 1.54) is 0 Å². The van der Waals surface area contributed by atoms with E-state index in [0.717, 1.165) is 11.1 Å². The Morgan fingerprint density at radius 3 is 1.65 bits per heavy atom. The van der Waals surface area contributed by atoms with Crippen LogP contribution in [0.2, 0.25) is 0 Å². The SMILES string of the molecule is CC(C)c1cccc(C(C)C)c1O.NC(=O)O. The van der Waals surface area contributed by atoms with Gasteiger partial charge in [-0.15, -0.1) is 0 Å². The first kappa shape index (κ1) is 15.3. The number of nitrogens with two attached hydrogens (primary N) is 1. The Labute approximate surface area is 102 Å². The highest BCUT2D eigenvalue weighted by Gasteiger charge is 2.11. The van der Waals surface area contributed by atoms with Crippen molar-refractivity contribution in [3.8, 4) is 5.75 Å². The number of rotatable bonds is 2. The predicted molar refractivity (Wildman–Crippen MR) is 68.5 cm³/mol. The molecule has 0 aliphatic rings. The van der Waals surface area contributed by atoms with Crippen LogP contribution in [0.15, 0.2) is 18.2 Å². The van der Waals surface area contributed by atoms with Gasteiger partial charge in [0.2, 0.25) is 0 Å². The number of amides is 1. The first-order chi connectivity index (χ1) is 7.77. The second-order valence-corrected chi connectivity index (χ2v) is 4.43. The van der Waals surface area contributed by atoms with Crippen molar-refractivity contribution in [2.45, 2.75) is 39.5 Å². The molecule has 4 heteroatoms. The van der Waals surface area contributed by atoms with E-state index in [2.05, 4.69) is 33.4 Å². The lowest BCUT2D eigenvalue weighted by Crippen LogP contribution is -2.03. The lowest BCUT2D eigenvalue weighted by atomic mass is 9.94. The fourth-order valence-electron chi connectivity index (χ4n) is 1.51. The van der Waals surface area contributed by atoms with E-state index >= 15 is 0 Å². The number of aromatic hydroxyl groups is 1. The van der Waals surface area contributed by atoms with Gasteiger partial charge in [0.15, 0.2) is 0 Å². The van der Waals surface area contributed by atoms with Gasteiger partial charge in [0.1, 0.15) is 5.75 Å². The molecular weight excluding hydrogens is 218 g/mol. The number of hydrogen-bond acceptors (Lipinski definition) is 2. The van der Waals surface area contributed by atoms with Crippen molar-refractivity contribution < 1.29 is 15.0 Å². The molecule has 1 aromatic carbocycles. The third-order valence-corrected chi connectivity index (χ3v) is 2.34. The van der Waals surface area contributed by atoms with Gasteiger partial charge in [0, 0.05) is 0 Å². The standard InChI is InChI=1S/C12H18O.CH3NO2/c1-8(2)10-6-5-7-11(9(3)4)12(10)13;2-1(3)4/h5-9,13H,1-4H3;2H2,(H,3,4). The zero-order valence-electron chi connectivity index (χ0n) is 10.8. The number of carboxylic acid groups (broad SMARTS) is 1. The van der Waals surface area contributed by atoms with Gasteiger partial charge in [-0.25, -0.2) is 4.79 Å². The van der Waals surface area contributed by atoms with Gasteiger partial charge in [-0.3, -0.25) is 0 Å². The van der Waals surface area contributed by atoms with Crippen LogP contribution >= 0.6 is 0 Å². The van der Waals surface area contributed by atoms with Crippen LogP contribution in [-0.2, 0) is 0 Å². The maximum atomic E-state index is 9.93. The highest BCUT2D eigenvalue weighted by atomic mass is 16.4. The molecule has 4 nitrogen and oxygen atoms in total. The lowest BCUT2D eigenvalue weighted by molar-refractivity contribution is 0.205. The summed E-state index contributed by atoms with van der Waals surface area (Å²) in [4.78, 5) is 8.78. The maximum Gasteiger partial charge on any atom is 0.402 e. The number of benzene rings is 1. The molecule has 0 spiro atoms. The van der Waals surface area contributed by atoms with Crippen LogP contribution in [0.3, 0.4) is 0 Å². The molecule has 1 aromatic rings. The molecule has 17 heavy (non-hydrogen) atoms. The Hall–Kier alpha value is -1.71. The molecule has 96 valence electrons. The largest absolute Gasteiger partial charge is 0.507 e. The van der Waals surface area contributed by atoms with Crippen molar-refractivity contribution in [1.82, 2.24) is 0 Å². The third-order valence-electron chi connectivity index (χ3n) is 2.34. The molecule has 4 N–H and O–H groups in total. The summed E-state index contributed by atoms with van der Waals surface area (Å²) in [6.07, 6.45) is -1.33. The maximum absolute atomic E-state index is 9.93. The predicted octanol–water partition coefficient (Wildman–Crippen LogP) is 3.26. The third kappa shape index (κ3) is 5.24. The fraction of sp³-hybridized carbons (Fsp3) is 0.462. The van der Waals surface area contributed by atoms with Gasteiger partial charge >= 0.3 is 6.09 Å². The zero-order valence-corrected chi connectivity index (χ0v) is 10.8. The van der Waals surface area contributed by atoms with Crippen LogP contribution in [0.25, 0.3) is 0 Å². The molecule has 0 saturated heterocycles. The van der Waals surface area contributed by atoms with Crippen LogP contribution in [0, 0.1) is 0 Å². The number of primary amides is 1. The van der Waals surface area contributed by atoms with Crippen molar-refractivity contribution >= 4 is 6.09 Å². The molecule has 0 unspecified atom stereocenters. The first-order valence-electron chi connectivity index (χ1n) is 5.57. The molecule has 0 aliphatic heterocycles. The molecule has 1 amide bonds. The summed E-state index contributed by atoms with van der Waals surface area (Å²) >= 11 is 0. The Balaban J connectivity index is 0.000000557. The molecule has 0 fully saturated rings. The van der Waals surface area contributed by atoms with Crippen molar-refractivity contribution in [2.75, 3.05) is 0 Å². The van der Waals surface area contributed by atoms with E-state index in [0.29, 0.717) is 17.6 Å². The summed E-state index contributed by atoms with van der Waals surface area (Å²) in [5, 5.41) is 17.1. The smallest absolute Gasteiger partial charge is 0.402 e. The molecule has 0 aromatic heterocycles. The molecule has 0 atom stereocenters. The monoisotopic (exact) mass is 239 g/mol. The number of para-hydroxylation sites is 1. The minimum Gasteiger partial charge on any atom is -0.507 e. The molecule has 0 bridgehead atoms. The fourth-order valence-corrected chi connectivity index (χ4v) is 1.51. The first-order valence-corrected chi connectivity index (χ1v) is 5.57. The van der Waals surface area contributed by atoms with Crippen LogP contribution in [0.1, 0.15) is 50.7 Å². The molecule has 0 aliphatic carbocycles. The summed E-state index contributed by atoms with van der Waals surface area (Å²) in [7, 11) is 0. The van der Waals surface area contributed by atoms with Crippen molar-refractivity contribution in [2.24, 2.45) is 5.73 Å². The van der Waals surface area contributed by atoms with Gasteiger partial charge in [0.05, 0.1) is 0 Å². The van der Waals surface area contributed by atoms with E-state index in [4.69, 9.17) is 9.90 Å². The van der Waals surface area contributed by atoms with E-state index < -0.39 is 6.09 Å². The summed E-state index contributed by atoms with van der Waals surface area (Å²) in [6.45, 7) is 8.39. The Morgan fingerprint density at radius 2 is 1.41 bits per heavy atom. The van der Waals surface area contributed by atoms with Crippen LogP contribution in [-0.4, -0.2) is 16.3 Å². The van der Waals surface area contributed by atoms with Gasteiger partial charge in [-0.1, -0.05) is 45.9 Å². The summed E-state index contributed by atoms with van der Waals surface area (Å²) in [5.74, 6) is 1.25. The molecule has 1 rings (SSSR count). The number of phenols is 1. The molecular formula is C13H21NO3. The van der Waals surface area contributed by atoms with Crippen LogP contribution < -0.4 is 5.73 Å². The zero-order chi connectivity index (χ0) is 13.6.